The van der Waals surface area contributed by atoms with Gasteiger partial charge in [-0.25, -0.2) is 9.78 Å². The van der Waals surface area contributed by atoms with Gasteiger partial charge in [-0.15, -0.1) is 0 Å². The maximum atomic E-state index is 14.5. The van der Waals surface area contributed by atoms with Crippen LogP contribution in [0.2, 0.25) is 0 Å². The number of nitrogens with zero attached hydrogens (tertiary/aromatic N) is 2. The summed E-state index contributed by atoms with van der Waals surface area (Å²) in [5, 5.41) is 5.79. The van der Waals surface area contributed by atoms with Gasteiger partial charge in [0.2, 0.25) is 0 Å². The molecular formula is C51H70N6O10. The predicted octanol–water partition coefficient (Wildman–Crippen LogP) is 8.56. The number of fused-ring (bicyclic) bond motifs is 8. The van der Waals surface area contributed by atoms with Gasteiger partial charge in [0.25, 0.3) is 5.91 Å². The molecule has 5 rings (SSSR count). The molecule has 3 aromatic rings. The number of H-pyrrole nitrogens is 2. The Bertz CT molecular complexity index is 2480. The number of hydrogen-bond donors (Lipinski definition) is 4. The minimum Gasteiger partial charge on any atom is -0.469 e. The summed E-state index contributed by atoms with van der Waals surface area (Å²) in [7, 11) is 2.70. The maximum absolute atomic E-state index is 14.5. The summed E-state index contributed by atoms with van der Waals surface area (Å²) >= 11 is 0. The number of aromatic amines is 2. The van der Waals surface area contributed by atoms with Crippen LogP contribution < -0.4 is 10.6 Å². The summed E-state index contributed by atoms with van der Waals surface area (Å²) in [6.07, 6.45) is 3.66. The van der Waals surface area contributed by atoms with Gasteiger partial charge in [-0.1, -0.05) is 26.5 Å². The van der Waals surface area contributed by atoms with Crippen molar-refractivity contribution >= 4 is 63.2 Å². The summed E-state index contributed by atoms with van der Waals surface area (Å²) in [5.41, 5.74) is 10.9. The van der Waals surface area contributed by atoms with E-state index in [2.05, 4.69) is 54.0 Å². The van der Waals surface area contributed by atoms with Gasteiger partial charge in [0.05, 0.1) is 75.2 Å². The van der Waals surface area contributed by atoms with Crippen molar-refractivity contribution in [3.8, 4) is 0 Å². The monoisotopic (exact) mass is 927 g/mol. The molecule has 4 N–H and O–H groups in total. The molecule has 0 saturated carbocycles. The van der Waals surface area contributed by atoms with Gasteiger partial charge >= 0.3 is 18.0 Å². The highest BCUT2D eigenvalue weighted by molar-refractivity contribution is 6.06. The molecule has 2 aliphatic rings. The van der Waals surface area contributed by atoms with Crippen LogP contribution in [0.15, 0.2) is 24.8 Å². The third kappa shape index (κ3) is 13.6. The highest BCUT2D eigenvalue weighted by Crippen LogP contribution is 2.43. The molecule has 16 heteroatoms. The number of carbonyl (C=O) groups excluding carboxylic acids is 4. The Morgan fingerprint density at radius 2 is 1.40 bits per heavy atom. The normalized spacial score (nSPS) is 14.8. The van der Waals surface area contributed by atoms with E-state index >= 15 is 0 Å². The van der Waals surface area contributed by atoms with E-state index in [0.717, 1.165) is 56.8 Å². The molecule has 2 unspecified atom stereocenters. The van der Waals surface area contributed by atoms with Crippen molar-refractivity contribution in [1.82, 2.24) is 30.6 Å². The first-order valence-electron chi connectivity index (χ1n) is 23.2. The fourth-order valence-electron chi connectivity index (χ4n) is 8.39. The van der Waals surface area contributed by atoms with E-state index in [-0.39, 0.29) is 36.6 Å². The molecule has 2 aliphatic heterocycles. The summed E-state index contributed by atoms with van der Waals surface area (Å²) in [6, 6.07) is 6.04. The number of hydrogen-bond acceptors (Lipinski definition) is 12. The maximum Gasteiger partial charge on any atom is 0.407 e. The zero-order valence-corrected chi connectivity index (χ0v) is 41.0. The second-order valence-corrected chi connectivity index (χ2v) is 17.8. The smallest absolute Gasteiger partial charge is 0.407 e. The Labute approximate surface area is 394 Å². The van der Waals surface area contributed by atoms with E-state index in [1.54, 1.807) is 0 Å². The predicted molar refractivity (Wildman–Crippen MR) is 260 cm³/mol. The van der Waals surface area contributed by atoms with E-state index in [9.17, 15) is 19.2 Å². The number of esters is 2. The third-order valence-electron chi connectivity index (χ3n) is 12.0. The minimum absolute atomic E-state index is 0.130. The fourth-order valence-corrected chi connectivity index (χ4v) is 8.39. The number of ether oxygens (including phenoxy) is 6. The first-order valence-corrected chi connectivity index (χ1v) is 23.2. The van der Waals surface area contributed by atoms with Gasteiger partial charge in [0, 0.05) is 77.9 Å². The van der Waals surface area contributed by atoms with Gasteiger partial charge in [-0.3, -0.25) is 19.4 Å². The lowest BCUT2D eigenvalue weighted by Crippen LogP contribution is -2.33. The average Bonchev–Trinajstić information content (AvgIpc) is 3.97. The number of alkyl carbamates (subject to hydrolysis) is 1. The quantitative estimate of drug-likeness (QED) is 0.0425. The summed E-state index contributed by atoms with van der Waals surface area (Å²) in [6.45, 7) is 23.0. The molecule has 16 nitrogen and oxygen atoms in total. The molecule has 0 saturated heterocycles. The third-order valence-corrected chi connectivity index (χ3v) is 12.0. The molecule has 0 spiro atoms. The number of aromatic nitrogens is 4. The van der Waals surface area contributed by atoms with E-state index in [1.165, 1.54) is 14.2 Å². The van der Waals surface area contributed by atoms with Crippen LogP contribution >= 0.6 is 0 Å². The topological polar surface area (TPSA) is 205 Å². The van der Waals surface area contributed by atoms with E-state index < -0.39 is 17.7 Å². The lowest BCUT2D eigenvalue weighted by atomic mass is 9.85. The van der Waals surface area contributed by atoms with Crippen LogP contribution in [-0.2, 0) is 44.4 Å². The minimum atomic E-state index is -0.538. The van der Waals surface area contributed by atoms with Gasteiger partial charge in [0.15, 0.2) is 0 Å². The fraction of sp³-hybridized carbons (Fsp3) is 0.529. The van der Waals surface area contributed by atoms with Crippen LogP contribution in [-0.4, -0.2) is 116 Å². The number of carbonyl (C=O) groups is 4. The highest BCUT2D eigenvalue weighted by atomic mass is 16.6. The molecular weight excluding hydrogens is 857 g/mol. The van der Waals surface area contributed by atoms with E-state index in [4.69, 9.17) is 38.4 Å². The van der Waals surface area contributed by atoms with Gasteiger partial charge in [0.1, 0.15) is 5.60 Å². The van der Waals surface area contributed by atoms with Crippen molar-refractivity contribution in [3.05, 3.63) is 75.4 Å². The Kier molecular flexibility index (Phi) is 18.9. The first-order chi connectivity index (χ1) is 32.0. The SMILES string of the molecule is C=Cc1c(C)c2cc3nc(c(CC(=O)OC)c4[nH]c(cc5nc(cc1[nH]2)C(C)=C5CC)c(C)c4C(=O)NCCCOCCOCCOCCCNC(=O)OC(C)(C)C)C(CCC(=O)OC)C3C. The van der Waals surface area contributed by atoms with Gasteiger partial charge in [-0.2, -0.15) is 0 Å². The summed E-state index contributed by atoms with van der Waals surface area (Å²) < 4.78 is 32.5. The van der Waals surface area contributed by atoms with Crippen molar-refractivity contribution in [2.75, 3.05) is 67.0 Å². The number of amides is 2. The molecule has 8 bridgehead atoms. The average molecular weight is 927 g/mol. The van der Waals surface area contributed by atoms with Crippen LogP contribution in [0.4, 0.5) is 4.79 Å². The standard InChI is InChI=1S/C51H70N6O10/c1-12-34-30(3)38-27-40-32(5)36(16-17-44(58)62-10)47(56-40)37(26-45(59)63-11)48-46(33(6)41(57-48)29-43-35(13-2)31(4)39(55-43)28-42(34)54-38)49(60)52-18-14-20-64-22-24-66-25-23-65-21-15-19-53-50(61)67-51(7,8)9/h12,27-29,32,36,54,57H,1,13-26H2,2-11H3,(H,52,60)(H,53,61). The summed E-state index contributed by atoms with van der Waals surface area (Å²) in [4.78, 5) is 69.7. The second-order valence-electron chi connectivity index (χ2n) is 17.8. The number of nitrogens with one attached hydrogen (secondary N) is 4. The zero-order chi connectivity index (χ0) is 48.8. The number of allylic oxidation sites excluding steroid dienone is 2. The van der Waals surface area contributed by atoms with Crippen molar-refractivity contribution in [1.29, 1.82) is 0 Å². The number of methoxy groups -OCH3 is 2. The Morgan fingerprint density at radius 1 is 0.791 bits per heavy atom. The highest BCUT2D eigenvalue weighted by Gasteiger charge is 2.34. The molecule has 5 heterocycles. The van der Waals surface area contributed by atoms with Crippen molar-refractivity contribution in [3.63, 3.8) is 0 Å². The summed E-state index contributed by atoms with van der Waals surface area (Å²) in [5.74, 6) is -1.68. The van der Waals surface area contributed by atoms with Crippen molar-refractivity contribution in [2.24, 2.45) is 0 Å². The van der Waals surface area contributed by atoms with Crippen LogP contribution in [0.5, 0.6) is 0 Å². The second kappa shape index (κ2) is 24.3. The first kappa shape index (κ1) is 52.1. The molecule has 0 aliphatic carbocycles. The Morgan fingerprint density at radius 3 is 2.01 bits per heavy atom. The molecule has 67 heavy (non-hydrogen) atoms. The lowest BCUT2D eigenvalue weighted by Gasteiger charge is -2.19. The van der Waals surface area contributed by atoms with Crippen molar-refractivity contribution < 1.29 is 47.6 Å². The molecule has 3 aromatic heterocycles. The molecule has 364 valence electrons. The Balaban J connectivity index is 1.41. The molecule has 0 radical (unpaired) electrons. The van der Waals surface area contributed by atoms with Crippen LogP contribution in [0.1, 0.15) is 141 Å². The van der Waals surface area contributed by atoms with Crippen LogP contribution in [0, 0.1) is 13.8 Å². The molecule has 2 atom stereocenters. The number of aryl methyl sites for hydroxylation is 2. The van der Waals surface area contributed by atoms with Crippen LogP contribution in [0.3, 0.4) is 0 Å². The zero-order valence-electron chi connectivity index (χ0n) is 41.0. The molecule has 0 fully saturated rings. The molecule has 2 amide bonds. The van der Waals surface area contributed by atoms with Gasteiger partial charge in [-0.05, 0) is 108 Å². The Hall–Kier alpha value is -5.84. The largest absolute Gasteiger partial charge is 0.469 e. The van der Waals surface area contributed by atoms with Crippen LogP contribution in [0.25, 0.3) is 39.3 Å². The lowest BCUT2D eigenvalue weighted by molar-refractivity contribution is -0.141. The van der Waals surface area contributed by atoms with E-state index in [1.807, 2.05) is 52.8 Å². The van der Waals surface area contributed by atoms with Crippen molar-refractivity contribution in [2.45, 2.75) is 111 Å². The van der Waals surface area contributed by atoms with E-state index in [0.29, 0.717) is 105 Å². The molecule has 0 aromatic carbocycles. The van der Waals surface area contributed by atoms with Gasteiger partial charge < -0.3 is 49.0 Å². The number of rotatable bonds is 22.